The number of hydrogen-bond donors (Lipinski definition) is 1. The second-order valence-electron chi connectivity index (χ2n) is 4.83. The predicted molar refractivity (Wildman–Crippen MR) is 65.0 cm³/mol. The van der Waals surface area contributed by atoms with Gasteiger partial charge < -0.3 is 9.84 Å². The fraction of sp³-hybridized carbons (Fsp3) is 0.615. The summed E-state index contributed by atoms with van der Waals surface area (Å²) in [5, 5.41) is 9.59. The number of carbonyl (C=O) groups excluding carboxylic acids is 1. The Kier molecular flexibility index (Phi) is 6.04. The number of hydrogen-bond acceptors (Lipinski definition) is 3. The van der Waals surface area contributed by atoms with Crippen LogP contribution in [0.3, 0.4) is 0 Å². The first-order valence-corrected chi connectivity index (χ1v) is 5.46. The van der Waals surface area contributed by atoms with Crippen molar-refractivity contribution in [3.05, 3.63) is 24.8 Å². The smallest absolute Gasteiger partial charge is 0.330 e. The van der Waals surface area contributed by atoms with Crippen molar-refractivity contribution in [3.63, 3.8) is 0 Å². The molecule has 0 unspecified atom stereocenters. The lowest BCUT2D eigenvalue weighted by atomic mass is 10.0. The average Bonchev–Trinajstić information content (AvgIpc) is 2.13. The standard InChI is InChI=1S/C13H22O3/c1-6-10(2)11(14)8-7-9-12(15)16-13(3,4)5/h6-7,9-11,14H,1,8H2,2-5H3/b9-7+/t10-,11+/m1/s1. The maximum atomic E-state index is 11.3. The molecule has 0 fully saturated rings. The lowest BCUT2D eigenvalue weighted by Crippen LogP contribution is -2.22. The number of ether oxygens (including phenoxy) is 1. The van der Waals surface area contributed by atoms with Gasteiger partial charge in [-0.05, 0) is 33.1 Å². The molecule has 0 spiro atoms. The molecule has 3 nitrogen and oxygen atoms in total. The van der Waals surface area contributed by atoms with Gasteiger partial charge in [0.25, 0.3) is 0 Å². The molecule has 2 atom stereocenters. The van der Waals surface area contributed by atoms with Gasteiger partial charge in [-0.25, -0.2) is 4.79 Å². The van der Waals surface area contributed by atoms with E-state index in [0.29, 0.717) is 6.42 Å². The van der Waals surface area contributed by atoms with Crippen LogP contribution >= 0.6 is 0 Å². The molecule has 0 heterocycles. The summed E-state index contributed by atoms with van der Waals surface area (Å²) in [6.45, 7) is 10.9. The van der Waals surface area contributed by atoms with E-state index in [4.69, 9.17) is 4.74 Å². The van der Waals surface area contributed by atoms with E-state index >= 15 is 0 Å². The molecule has 0 radical (unpaired) electrons. The molecule has 1 N–H and O–H groups in total. The number of rotatable bonds is 5. The zero-order chi connectivity index (χ0) is 12.8. The quantitative estimate of drug-likeness (QED) is 0.445. The SMILES string of the molecule is C=C[C@@H](C)[C@@H](O)C/C=C/C(=O)OC(C)(C)C. The van der Waals surface area contributed by atoms with Crippen LogP contribution in [0, 0.1) is 5.92 Å². The lowest BCUT2D eigenvalue weighted by Gasteiger charge is -2.18. The third kappa shape index (κ3) is 7.23. The summed E-state index contributed by atoms with van der Waals surface area (Å²) in [5.74, 6) is -0.366. The van der Waals surface area contributed by atoms with Crippen LogP contribution in [-0.2, 0) is 9.53 Å². The van der Waals surface area contributed by atoms with Crippen molar-refractivity contribution in [2.75, 3.05) is 0 Å². The predicted octanol–water partition coefficient (Wildman–Crippen LogP) is 2.46. The van der Waals surface area contributed by atoms with Crippen LogP contribution in [0.15, 0.2) is 24.8 Å². The molecule has 0 saturated heterocycles. The van der Waals surface area contributed by atoms with Gasteiger partial charge in [0.05, 0.1) is 6.10 Å². The highest BCUT2D eigenvalue weighted by Crippen LogP contribution is 2.10. The van der Waals surface area contributed by atoms with Crippen molar-refractivity contribution < 1.29 is 14.6 Å². The molecule has 0 amide bonds. The van der Waals surface area contributed by atoms with Gasteiger partial charge in [0.15, 0.2) is 0 Å². The summed E-state index contributed by atoms with van der Waals surface area (Å²) in [4.78, 5) is 11.3. The Labute approximate surface area is 97.8 Å². The minimum atomic E-state index is -0.504. The van der Waals surface area contributed by atoms with Crippen LogP contribution in [0.1, 0.15) is 34.1 Å². The van der Waals surface area contributed by atoms with E-state index in [-0.39, 0.29) is 11.9 Å². The van der Waals surface area contributed by atoms with Gasteiger partial charge in [-0.1, -0.05) is 19.1 Å². The molecule has 0 aromatic heterocycles. The lowest BCUT2D eigenvalue weighted by molar-refractivity contribution is -0.148. The summed E-state index contributed by atoms with van der Waals surface area (Å²) in [6, 6.07) is 0. The van der Waals surface area contributed by atoms with E-state index in [2.05, 4.69) is 6.58 Å². The Morgan fingerprint density at radius 2 is 2.06 bits per heavy atom. The maximum absolute atomic E-state index is 11.3. The van der Waals surface area contributed by atoms with E-state index < -0.39 is 11.7 Å². The first-order chi connectivity index (χ1) is 7.26. The van der Waals surface area contributed by atoms with Crippen molar-refractivity contribution >= 4 is 5.97 Å². The second kappa shape index (κ2) is 6.48. The van der Waals surface area contributed by atoms with E-state index in [1.54, 1.807) is 12.2 Å². The third-order valence-electron chi connectivity index (χ3n) is 2.02. The van der Waals surface area contributed by atoms with Crippen molar-refractivity contribution in [1.29, 1.82) is 0 Å². The van der Waals surface area contributed by atoms with Crippen molar-refractivity contribution in [2.24, 2.45) is 5.92 Å². The topological polar surface area (TPSA) is 46.5 Å². The third-order valence-corrected chi connectivity index (χ3v) is 2.02. The van der Waals surface area contributed by atoms with Crippen LogP contribution in [0.5, 0.6) is 0 Å². The summed E-state index contributed by atoms with van der Waals surface area (Å²) in [7, 11) is 0. The highest BCUT2D eigenvalue weighted by Gasteiger charge is 2.14. The van der Waals surface area contributed by atoms with Gasteiger partial charge in [0.1, 0.15) is 5.60 Å². The minimum absolute atomic E-state index is 0.0169. The van der Waals surface area contributed by atoms with Gasteiger partial charge in [-0.2, -0.15) is 0 Å². The van der Waals surface area contributed by atoms with Gasteiger partial charge >= 0.3 is 5.97 Å². The molecule has 92 valence electrons. The van der Waals surface area contributed by atoms with Crippen molar-refractivity contribution in [2.45, 2.75) is 45.8 Å². The fourth-order valence-electron chi connectivity index (χ4n) is 1.01. The summed E-state index contributed by atoms with van der Waals surface area (Å²) in [6.07, 6.45) is 4.58. The molecule has 16 heavy (non-hydrogen) atoms. The molecule has 0 bridgehead atoms. The molecule has 0 aromatic carbocycles. The Morgan fingerprint density at radius 1 is 1.50 bits per heavy atom. The highest BCUT2D eigenvalue weighted by molar-refractivity contribution is 5.82. The molecule has 0 aliphatic carbocycles. The molecular formula is C13H22O3. The number of aliphatic hydroxyl groups excluding tert-OH is 1. The average molecular weight is 226 g/mol. The number of aliphatic hydroxyl groups is 1. The van der Waals surface area contributed by atoms with Crippen LogP contribution in [0.2, 0.25) is 0 Å². The van der Waals surface area contributed by atoms with Gasteiger partial charge in [0.2, 0.25) is 0 Å². The Balaban J connectivity index is 4.02. The minimum Gasteiger partial charge on any atom is -0.457 e. The fourth-order valence-corrected chi connectivity index (χ4v) is 1.01. The molecule has 0 saturated carbocycles. The highest BCUT2D eigenvalue weighted by atomic mass is 16.6. The van der Waals surface area contributed by atoms with Crippen LogP contribution in [0.4, 0.5) is 0 Å². The Hall–Kier alpha value is -1.09. The first kappa shape index (κ1) is 14.9. The number of carbonyl (C=O) groups is 1. The first-order valence-electron chi connectivity index (χ1n) is 5.46. The van der Waals surface area contributed by atoms with Crippen LogP contribution < -0.4 is 0 Å². The zero-order valence-corrected chi connectivity index (χ0v) is 10.6. The van der Waals surface area contributed by atoms with E-state index in [0.717, 1.165) is 0 Å². The van der Waals surface area contributed by atoms with Crippen molar-refractivity contribution in [1.82, 2.24) is 0 Å². The number of esters is 1. The van der Waals surface area contributed by atoms with Gasteiger partial charge in [-0.15, -0.1) is 6.58 Å². The van der Waals surface area contributed by atoms with Crippen LogP contribution in [-0.4, -0.2) is 22.8 Å². The Bertz CT molecular complexity index is 261. The van der Waals surface area contributed by atoms with E-state index in [1.165, 1.54) is 6.08 Å². The van der Waals surface area contributed by atoms with Gasteiger partial charge in [-0.3, -0.25) is 0 Å². The molecule has 0 rings (SSSR count). The van der Waals surface area contributed by atoms with Gasteiger partial charge in [0, 0.05) is 6.08 Å². The molecule has 0 aromatic rings. The molecule has 0 aliphatic heterocycles. The van der Waals surface area contributed by atoms with Crippen LogP contribution in [0.25, 0.3) is 0 Å². The van der Waals surface area contributed by atoms with E-state index in [1.807, 2.05) is 27.7 Å². The van der Waals surface area contributed by atoms with Crippen molar-refractivity contribution in [3.8, 4) is 0 Å². The summed E-state index contributed by atoms with van der Waals surface area (Å²) >= 11 is 0. The Morgan fingerprint density at radius 3 is 2.50 bits per heavy atom. The largest absolute Gasteiger partial charge is 0.457 e. The normalized spacial score (nSPS) is 15.8. The summed E-state index contributed by atoms with van der Waals surface area (Å²) < 4.78 is 5.08. The van der Waals surface area contributed by atoms with E-state index in [9.17, 15) is 9.90 Å². The zero-order valence-electron chi connectivity index (χ0n) is 10.6. The monoisotopic (exact) mass is 226 g/mol. The molecule has 0 aliphatic rings. The maximum Gasteiger partial charge on any atom is 0.330 e. The molecular weight excluding hydrogens is 204 g/mol. The second-order valence-corrected chi connectivity index (χ2v) is 4.83. The summed E-state index contributed by atoms with van der Waals surface area (Å²) in [5.41, 5.74) is -0.478. The molecule has 3 heteroatoms.